The SMILES string of the molecule is CN[C@@H](CC[Se]C)C(=O)O. The van der Waals surface area contributed by atoms with Crippen LogP contribution < -0.4 is 5.32 Å². The Kier molecular flexibility index (Phi) is 5.68. The van der Waals surface area contributed by atoms with Crippen molar-refractivity contribution in [2.75, 3.05) is 7.05 Å². The summed E-state index contributed by atoms with van der Waals surface area (Å²) in [7, 11) is 1.68. The Bertz CT molecular complexity index is 108. The van der Waals surface area contributed by atoms with Crippen molar-refractivity contribution in [1.29, 1.82) is 0 Å². The monoisotopic (exact) mass is 211 g/mol. The Morgan fingerprint density at radius 3 is 2.70 bits per heavy atom. The second kappa shape index (κ2) is 5.71. The summed E-state index contributed by atoms with van der Waals surface area (Å²) in [6.07, 6.45) is 0.752. The topological polar surface area (TPSA) is 49.3 Å². The Hall–Kier alpha value is -0.0505. The van der Waals surface area contributed by atoms with Crippen molar-refractivity contribution in [3.63, 3.8) is 0 Å². The maximum atomic E-state index is 10.4. The number of likely N-dealkylation sites (N-methyl/N-ethyl adjacent to an activating group) is 1. The van der Waals surface area contributed by atoms with Crippen molar-refractivity contribution in [3.8, 4) is 0 Å². The van der Waals surface area contributed by atoms with Gasteiger partial charge < -0.3 is 0 Å². The molecule has 0 radical (unpaired) electrons. The van der Waals surface area contributed by atoms with Crippen molar-refractivity contribution in [3.05, 3.63) is 0 Å². The van der Waals surface area contributed by atoms with Gasteiger partial charge >= 0.3 is 66.8 Å². The first-order chi connectivity index (χ1) is 4.72. The molecule has 0 amide bonds. The van der Waals surface area contributed by atoms with Crippen LogP contribution in [0, 0.1) is 0 Å². The molecule has 0 unspecified atom stereocenters. The molecule has 0 spiro atoms. The third-order valence-electron chi connectivity index (χ3n) is 1.26. The number of carboxylic acid groups (broad SMARTS) is 1. The number of rotatable bonds is 5. The summed E-state index contributed by atoms with van der Waals surface area (Å²) in [6.45, 7) is 0. The molecule has 0 aromatic heterocycles. The third-order valence-corrected chi connectivity index (χ3v) is 2.61. The van der Waals surface area contributed by atoms with Crippen molar-refractivity contribution in [2.24, 2.45) is 0 Å². The van der Waals surface area contributed by atoms with Gasteiger partial charge in [-0.3, -0.25) is 0 Å². The van der Waals surface area contributed by atoms with E-state index < -0.39 is 5.97 Å². The molecule has 0 aliphatic heterocycles. The van der Waals surface area contributed by atoms with Gasteiger partial charge in [-0.25, -0.2) is 0 Å². The predicted octanol–water partition coefficient (Wildman–Crippen LogP) is 0.220. The molecule has 0 aromatic rings. The summed E-state index contributed by atoms with van der Waals surface area (Å²) >= 11 is 0.588. The fourth-order valence-electron chi connectivity index (χ4n) is 0.627. The van der Waals surface area contributed by atoms with Crippen molar-refractivity contribution < 1.29 is 9.90 Å². The summed E-state index contributed by atoms with van der Waals surface area (Å²) < 4.78 is 0. The first-order valence-corrected chi connectivity index (χ1v) is 6.03. The maximum absolute atomic E-state index is 10.4. The van der Waals surface area contributed by atoms with Gasteiger partial charge in [-0.05, 0) is 0 Å². The quantitative estimate of drug-likeness (QED) is 0.638. The van der Waals surface area contributed by atoms with Gasteiger partial charge in [0.1, 0.15) is 0 Å². The zero-order valence-electron chi connectivity index (χ0n) is 6.26. The molecule has 0 aliphatic rings. The fourth-order valence-corrected chi connectivity index (χ4v) is 1.62. The zero-order valence-corrected chi connectivity index (χ0v) is 7.97. The molecule has 0 saturated carbocycles. The second-order valence-electron chi connectivity index (χ2n) is 1.96. The molecule has 0 aliphatic carbocycles. The van der Waals surface area contributed by atoms with Crippen LogP contribution in [-0.4, -0.2) is 39.1 Å². The molecule has 0 aromatic carbocycles. The molecule has 0 heterocycles. The van der Waals surface area contributed by atoms with Crippen LogP contribution in [0.4, 0.5) is 0 Å². The van der Waals surface area contributed by atoms with Crippen LogP contribution in [0.2, 0.25) is 11.1 Å². The molecule has 0 fully saturated rings. The van der Waals surface area contributed by atoms with E-state index in [9.17, 15) is 4.79 Å². The summed E-state index contributed by atoms with van der Waals surface area (Å²) in [5.74, 6) is 1.37. The van der Waals surface area contributed by atoms with Crippen LogP contribution in [0.1, 0.15) is 6.42 Å². The van der Waals surface area contributed by atoms with Crippen LogP contribution in [-0.2, 0) is 4.79 Å². The molecule has 60 valence electrons. The molecule has 0 saturated heterocycles. The van der Waals surface area contributed by atoms with Crippen LogP contribution in [0.5, 0.6) is 0 Å². The first kappa shape index (κ1) is 9.95. The van der Waals surface area contributed by atoms with Crippen molar-refractivity contribution >= 4 is 20.9 Å². The van der Waals surface area contributed by atoms with Crippen LogP contribution in [0.25, 0.3) is 0 Å². The Labute approximate surface area is 67.4 Å². The molecule has 3 nitrogen and oxygen atoms in total. The van der Waals surface area contributed by atoms with E-state index in [1.54, 1.807) is 7.05 Å². The summed E-state index contributed by atoms with van der Waals surface area (Å²) in [4.78, 5) is 10.4. The average molecular weight is 210 g/mol. The number of carboxylic acids is 1. The van der Waals surface area contributed by atoms with E-state index in [1.807, 2.05) is 0 Å². The molecule has 2 N–H and O–H groups in total. The van der Waals surface area contributed by atoms with Crippen molar-refractivity contribution in [1.82, 2.24) is 5.32 Å². The molecule has 0 bridgehead atoms. The van der Waals surface area contributed by atoms with Gasteiger partial charge in [0.15, 0.2) is 0 Å². The van der Waals surface area contributed by atoms with Crippen LogP contribution in [0.15, 0.2) is 0 Å². The minimum absolute atomic E-state index is 0.346. The van der Waals surface area contributed by atoms with Gasteiger partial charge in [-0.2, -0.15) is 0 Å². The number of hydrogen-bond donors (Lipinski definition) is 2. The van der Waals surface area contributed by atoms with Gasteiger partial charge in [0.25, 0.3) is 0 Å². The Morgan fingerprint density at radius 2 is 2.40 bits per heavy atom. The molecular formula is C6H13NO2Se. The second-order valence-corrected chi connectivity index (χ2v) is 4.03. The summed E-state index contributed by atoms with van der Waals surface area (Å²) in [5, 5.41) is 12.3. The molecule has 4 heteroatoms. The van der Waals surface area contributed by atoms with E-state index in [4.69, 9.17) is 5.11 Å². The zero-order chi connectivity index (χ0) is 7.98. The first-order valence-electron chi connectivity index (χ1n) is 3.11. The third kappa shape index (κ3) is 3.88. The van der Waals surface area contributed by atoms with Gasteiger partial charge in [-0.15, -0.1) is 0 Å². The van der Waals surface area contributed by atoms with Gasteiger partial charge in [0.05, 0.1) is 0 Å². The number of aliphatic carboxylic acids is 1. The van der Waals surface area contributed by atoms with Crippen molar-refractivity contribution in [2.45, 2.75) is 23.6 Å². The van der Waals surface area contributed by atoms with Crippen LogP contribution in [0.3, 0.4) is 0 Å². The average Bonchev–Trinajstić information content (AvgIpc) is 1.89. The van der Waals surface area contributed by atoms with E-state index >= 15 is 0 Å². The Morgan fingerprint density at radius 1 is 1.80 bits per heavy atom. The van der Waals surface area contributed by atoms with E-state index in [0.29, 0.717) is 15.0 Å². The van der Waals surface area contributed by atoms with E-state index in [2.05, 4.69) is 11.1 Å². The molecular weight excluding hydrogens is 197 g/mol. The minimum atomic E-state index is -0.744. The normalized spacial score (nSPS) is 13.0. The van der Waals surface area contributed by atoms with Gasteiger partial charge in [0.2, 0.25) is 0 Å². The predicted molar refractivity (Wildman–Crippen MR) is 41.5 cm³/mol. The summed E-state index contributed by atoms with van der Waals surface area (Å²) in [5.41, 5.74) is 0. The van der Waals surface area contributed by atoms with Gasteiger partial charge in [-0.1, -0.05) is 0 Å². The van der Waals surface area contributed by atoms with Crippen LogP contribution >= 0.6 is 0 Å². The number of nitrogens with one attached hydrogen (secondary N) is 1. The van der Waals surface area contributed by atoms with E-state index in [-0.39, 0.29) is 6.04 Å². The number of carbonyl (C=O) groups is 1. The molecule has 0 rings (SSSR count). The standard InChI is InChI=1S/C6H13NO2Se/c1-7-5(6(8)9)3-4-10-2/h5,7H,3-4H2,1-2H3,(H,8,9)/t5-/m0/s1. The Balaban J connectivity index is 3.50. The number of hydrogen-bond acceptors (Lipinski definition) is 2. The van der Waals surface area contributed by atoms with Gasteiger partial charge in [0, 0.05) is 0 Å². The summed E-state index contributed by atoms with van der Waals surface area (Å²) in [6, 6.07) is -0.346. The molecule has 1 atom stereocenters. The van der Waals surface area contributed by atoms with E-state index in [1.165, 1.54) is 0 Å². The fraction of sp³-hybridized carbons (Fsp3) is 0.833. The van der Waals surface area contributed by atoms with E-state index in [0.717, 1.165) is 11.7 Å². The molecule has 10 heavy (non-hydrogen) atoms.